The third kappa shape index (κ3) is 13.2. The number of carbonyl (C=O) groups excluding carboxylic acids is 1. The number of hydrogen-bond acceptors (Lipinski definition) is 8. The van der Waals surface area contributed by atoms with Gasteiger partial charge in [0, 0.05) is 24.7 Å². The highest BCUT2D eigenvalue weighted by Gasteiger charge is 2.61. The molecule has 1 aromatic heterocycles. The summed E-state index contributed by atoms with van der Waals surface area (Å²) < 4.78 is 51.8. The van der Waals surface area contributed by atoms with Crippen molar-refractivity contribution in [1.29, 1.82) is 0 Å². The van der Waals surface area contributed by atoms with Gasteiger partial charge in [0.1, 0.15) is 18.0 Å². The number of ketones is 1. The first-order valence-corrected chi connectivity index (χ1v) is 18.0. The van der Waals surface area contributed by atoms with E-state index in [-0.39, 0.29) is 25.4 Å². The molecule has 258 valence electrons. The van der Waals surface area contributed by atoms with E-state index in [0.717, 1.165) is 43.1 Å². The van der Waals surface area contributed by atoms with E-state index in [1.807, 2.05) is 12.2 Å². The normalized spacial score (nSPS) is 26.7. The second kappa shape index (κ2) is 20.4. The van der Waals surface area contributed by atoms with E-state index in [4.69, 9.17) is 18.3 Å². The average molecular weight is 673 g/mol. The molecule has 2 aliphatic rings. The summed E-state index contributed by atoms with van der Waals surface area (Å²) >= 11 is 0. The van der Waals surface area contributed by atoms with Gasteiger partial charge in [-0.3, -0.25) is 22.9 Å². The molecule has 11 heteroatoms. The maximum Gasteiger partial charge on any atom is 0.475 e. The number of hydrogen-bond donors (Lipinski definition) is 0. The van der Waals surface area contributed by atoms with E-state index in [1.54, 1.807) is 13.0 Å². The molecule has 1 unspecified atom stereocenters. The summed E-state index contributed by atoms with van der Waals surface area (Å²) in [5, 5.41) is 0. The fourth-order valence-electron chi connectivity index (χ4n) is 5.04. The third-order valence-electron chi connectivity index (χ3n) is 7.58. The highest BCUT2D eigenvalue weighted by molar-refractivity contribution is 7.48. The van der Waals surface area contributed by atoms with Crippen molar-refractivity contribution in [3.8, 4) is 0 Å². The van der Waals surface area contributed by atoms with Crippen molar-refractivity contribution in [2.45, 2.75) is 109 Å². The molecule has 0 aromatic carbocycles. The van der Waals surface area contributed by atoms with Crippen LogP contribution in [0.5, 0.6) is 0 Å². The Balaban J connectivity index is 1.24. The minimum absolute atomic E-state index is 0.0467. The van der Waals surface area contributed by atoms with Crippen molar-refractivity contribution in [3.05, 3.63) is 101 Å². The number of phosphoric acid groups is 1. The van der Waals surface area contributed by atoms with E-state index in [2.05, 4.69) is 72.7 Å². The summed E-state index contributed by atoms with van der Waals surface area (Å²) in [5.74, 6) is 0.0671. The number of phosphoric ester groups is 1. The van der Waals surface area contributed by atoms with Gasteiger partial charge in [-0.15, -0.1) is 0 Å². The number of carbonyl (C=O) groups is 1. The number of aromatic nitrogens is 2. The fraction of sp³-hybridized carbons (Fsp3) is 0.528. The molecule has 0 amide bonds. The molecule has 0 radical (unpaired) electrons. The standard InChI is InChI=1S/C36H50FN2O7P/c1-4-5-6-7-8-9-10-11-12-13-14-15-16-17-18-19-20-21-22-24-31(40)25-23-28-43-47(42)44-29-32-33(46-47)36(3,37)34(45-32)39-27-26-30(2)38-35(39)41/h5-6,8-9,11-12,14-15,17-18,20-21,26-27,32-34H,4,7,10,13,16,19,22-25,28-29H2,1-3H3/b6-5-,9-8-,12-11-,15-14-,18-17-,21-20-/t32-,33-,34-,36-,47?/m1/s1. The van der Waals surface area contributed by atoms with Crippen molar-refractivity contribution < 1.29 is 32.1 Å². The molecule has 47 heavy (non-hydrogen) atoms. The minimum Gasteiger partial charge on any atom is -0.346 e. The van der Waals surface area contributed by atoms with Gasteiger partial charge in [0.15, 0.2) is 11.9 Å². The molecule has 0 spiro atoms. The Hall–Kier alpha value is -3.01. The topological polar surface area (TPSA) is 106 Å². The van der Waals surface area contributed by atoms with Crippen molar-refractivity contribution in [1.82, 2.24) is 9.55 Å². The lowest BCUT2D eigenvalue weighted by Gasteiger charge is -2.33. The second-order valence-corrected chi connectivity index (χ2v) is 13.3. The molecule has 9 nitrogen and oxygen atoms in total. The first kappa shape index (κ1) is 38.4. The van der Waals surface area contributed by atoms with Crippen LogP contribution in [0.3, 0.4) is 0 Å². The highest BCUT2D eigenvalue weighted by Crippen LogP contribution is 2.59. The maximum atomic E-state index is 15.8. The Morgan fingerprint density at radius 3 is 2.15 bits per heavy atom. The van der Waals surface area contributed by atoms with Gasteiger partial charge in [-0.1, -0.05) is 79.8 Å². The Bertz CT molecular complexity index is 1410. The van der Waals surface area contributed by atoms with Gasteiger partial charge in [-0.25, -0.2) is 13.8 Å². The summed E-state index contributed by atoms with van der Waals surface area (Å²) in [5.41, 5.74) is -2.37. The Labute approximate surface area is 278 Å². The van der Waals surface area contributed by atoms with Gasteiger partial charge in [0.05, 0.1) is 13.2 Å². The van der Waals surface area contributed by atoms with Gasteiger partial charge in [0.2, 0.25) is 0 Å². The number of aryl methyl sites for hydroxylation is 1. The average Bonchev–Trinajstić information content (AvgIpc) is 3.29. The molecular formula is C36H50FN2O7P. The first-order chi connectivity index (χ1) is 22.7. The van der Waals surface area contributed by atoms with E-state index in [9.17, 15) is 14.2 Å². The molecule has 0 aliphatic carbocycles. The number of Topliss-reactive ketones (excluding diaryl/α,β-unsaturated/α-hetero) is 1. The smallest absolute Gasteiger partial charge is 0.346 e. The lowest BCUT2D eigenvalue weighted by Crippen LogP contribution is -2.46. The van der Waals surface area contributed by atoms with Crippen LogP contribution >= 0.6 is 7.82 Å². The van der Waals surface area contributed by atoms with Crippen molar-refractivity contribution in [2.75, 3.05) is 13.2 Å². The zero-order valence-corrected chi connectivity index (χ0v) is 28.8. The van der Waals surface area contributed by atoms with Gasteiger partial charge in [-0.2, -0.15) is 4.98 Å². The van der Waals surface area contributed by atoms with Crippen LogP contribution in [-0.2, 0) is 27.7 Å². The zero-order valence-electron chi connectivity index (χ0n) is 27.9. The molecule has 2 aliphatic heterocycles. The Morgan fingerprint density at radius 1 is 1.00 bits per heavy atom. The summed E-state index contributed by atoms with van der Waals surface area (Å²) in [7, 11) is -4.08. The molecule has 1 aromatic rings. The van der Waals surface area contributed by atoms with Crippen LogP contribution in [0.25, 0.3) is 0 Å². The van der Waals surface area contributed by atoms with Crippen molar-refractivity contribution in [2.24, 2.45) is 0 Å². The number of halogens is 1. The summed E-state index contributed by atoms with van der Waals surface area (Å²) in [6, 6.07) is 1.57. The summed E-state index contributed by atoms with van der Waals surface area (Å²) in [4.78, 5) is 28.4. The molecule has 3 heterocycles. The number of nitrogens with zero attached hydrogens (tertiary/aromatic N) is 2. The molecule has 3 rings (SSSR count). The van der Waals surface area contributed by atoms with E-state index in [1.165, 1.54) is 13.1 Å². The lowest BCUT2D eigenvalue weighted by molar-refractivity contribution is -0.119. The monoisotopic (exact) mass is 672 g/mol. The predicted octanol–water partition coefficient (Wildman–Crippen LogP) is 8.54. The third-order valence-corrected chi connectivity index (χ3v) is 9.03. The Morgan fingerprint density at radius 2 is 1.57 bits per heavy atom. The number of alkyl halides is 1. The number of ether oxygens (including phenoxy) is 1. The van der Waals surface area contributed by atoms with E-state index in [0.29, 0.717) is 25.0 Å². The maximum absolute atomic E-state index is 15.8. The van der Waals surface area contributed by atoms with Crippen LogP contribution < -0.4 is 5.69 Å². The molecule has 5 atom stereocenters. The fourth-order valence-corrected chi connectivity index (χ4v) is 6.54. The van der Waals surface area contributed by atoms with Crippen LogP contribution in [-0.4, -0.2) is 46.4 Å². The van der Waals surface area contributed by atoms with Crippen LogP contribution in [0, 0.1) is 6.92 Å². The van der Waals surface area contributed by atoms with Gasteiger partial charge in [0.25, 0.3) is 0 Å². The van der Waals surface area contributed by atoms with Crippen LogP contribution in [0.4, 0.5) is 4.39 Å². The van der Waals surface area contributed by atoms with Gasteiger partial charge in [-0.05, 0) is 71.3 Å². The SMILES string of the molecule is CC/C=C\C/C=C\C/C=C\C/C=C\C/C=C\C/C=C\CCC(=O)CCCOP1(=O)OC[C@H]2O[C@@H](n3ccc(C)nc3=O)[C@](C)(F)[C@@H]2O1. The molecule has 2 saturated heterocycles. The second-order valence-electron chi connectivity index (χ2n) is 11.6. The van der Waals surface area contributed by atoms with Crippen molar-refractivity contribution >= 4 is 13.6 Å². The highest BCUT2D eigenvalue weighted by atomic mass is 31.2. The summed E-state index contributed by atoms with van der Waals surface area (Å²) in [6.07, 6.45) is 31.0. The molecule has 0 N–H and O–H groups in total. The van der Waals surface area contributed by atoms with Crippen LogP contribution in [0.2, 0.25) is 0 Å². The summed E-state index contributed by atoms with van der Waals surface area (Å²) in [6.45, 7) is 4.74. The Kier molecular flexibility index (Phi) is 16.7. The molecule has 2 fully saturated rings. The van der Waals surface area contributed by atoms with Gasteiger partial charge < -0.3 is 4.74 Å². The van der Waals surface area contributed by atoms with E-state index >= 15 is 4.39 Å². The minimum atomic E-state index is -4.08. The van der Waals surface area contributed by atoms with Crippen LogP contribution in [0.1, 0.15) is 90.0 Å². The largest absolute Gasteiger partial charge is 0.475 e. The number of allylic oxidation sites excluding steroid dienone is 12. The predicted molar refractivity (Wildman–Crippen MR) is 183 cm³/mol. The molecule has 0 saturated carbocycles. The number of rotatable bonds is 20. The zero-order chi connectivity index (χ0) is 34.0. The van der Waals surface area contributed by atoms with Gasteiger partial charge >= 0.3 is 13.5 Å². The molecular weight excluding hydrogens is 622 g/mol. The lowest BCUT2D eigenvalue weighted by atomic mass is 9.98. The quantitative estimate of drug-likeness (QED) is 0.0771. The number of fused-ring (bicyclic) bond motifs is 1. The van der Waals surface area contributed by atoms with E-state index < -0.39 is 37.6 Å². The molecule has 0 bridgehead atoms. The first-order valence-electron chi connectivity index (χ1n) is 16.6. The van der Waals surface area contributed by atoms with Crippen molar-refractivity contribution in [3.63, 3.8) is 0 Å². The van der Waals surface area contributed by atoms with Crippen LogP contribution in [0.15, 0.2) is 90.0 Å².